The Morgan fingerprint density at radius 1 is 1.04 bits per heavy atom. The fraction of sp³-hybridized carbons (Fsp3) is 0.118. The molecule has 0 radical (unpaired) electrons. The van der Waals surface area contributed by atoms with Crippen LogP contribution in [-0.4, -0.2) is 29.3 Å². The van der Waals surface area contributed by atoms with Gasteiger partial charge in [0.2, 0.25) is 0 Å². The van der Waals surface area contributed by atoms with Gasteiger partial charge in [-0.1, -0.05) is 35.9 Å². The summed E-state index contributed by atoms with van der Waals surface area (Å²) in [5.41, 5.74) is 1.07. The van der Waals surface area contributed by atoms with E-state index in [4.69, 9.17) is 11.6 Å². The minimum Gasteiger partial charge on any atom is -0.465 e. The molecule has 23 heavy (non-hydrogen) atoms. The number of benzene rings is 2. The van der Waals surface area contributed by atoms with Gasteiger partial charge in [-0.15, -0.1) is 0 Å². The maximum atomic E-state index is 12.7. The van der Waals surface area contributed by atoms with Gasteiger partial charge in [0.05, 0.1) is 16.3 Å². The summed E-state index contributed by atoms with van der Waals surface area (Å²) in [6, 6.07) is 9.43. The van der Waals surface area contributed by atoms with Crippen molar-refractivity contribution in [3.63, 3.8) is 0 Å². The van der Waals surface area contributed by atoms with Crippen LogP contribution in [0.5, 0.6) is 0 Å². The first-order valence-corrected chi connectivity index (χ1v) is 7.36. The van der Waals surface area contributed by atoms with Gasteiger partial charge in [0, 0.05) is 23.2 Å². The van der Waals surface area contributed by atoms with Crippen LogP contribution in [0.25, 0.3) is 0 Å². The maximum Gasteiger partial charge on any atom is 0.411 e. The molecule has 0 aliphatic heterocycles. The van der Waals surface area contributed by atoms with E-state index in [0.717, 1.165) is 4.90 Å². The van der Waals surface area contributed by atoms with Crippen molar-refractivity contribution in [3.8, 4) is 0 Å². The van der Waals surface area contributed by atoms with Crippen LogP contribution in [0.4, 0.5) is 10.5 Å². The molecule has 1 aliphatic rings. The Hall–Kier alpha value is -2.66. The topological polar surface area (TPSA) is 74.7 Å². The van der Waals surface area contributed by atoms with E-state index in [-0.39, 0.29) is 45.5 Å². The molecule has 0 saturated heterocycles. The van der Waals surface area contributed by atoms with Crippen molar-refractivity contribution >= 4 is 34.9 Å². The average molecular weight is 330 g/mol. The van der Waals surface area contributed by atoms with Crippen molar-refractivity contribution in [2.75, 3.05) is 11.4 Å². The summed E-state index contributed by atoms with van der Waals surface area (Å²) < 4.78 is 0. The highest BCUT2D eigenvalue weighted by Gasteiger charge is 2.33. The number of amides is 1. The SMILES string of the molecule is CCN(C(=O)O)c1ccc2c(c1Cl)C(=O)c1ccccc1C2=O. The molecule has 1 N–H and O–H groups in total. The van der Waals surface area contributed by atoms with Gasteiger partial charge in [-0.25, -0.2) is 4.79 Å². The zero-order chi connectivity index (χ0) is 16.7. The zero-order valence-electron chi connectivity index (χ0n) is 12.2. The van der Waals surface area contributed by atoms with Gasteiger partial charge >= 0.3 is 6.09 Å². The van der Waals surface area contributed by atoms with E-state index in [2.05, 4.69) is 0 Å². The lowest BCUT2D eigenvalue weighted by atomic mass is 9.84. The Kier molecular flexibility index (Phi) is 3.66. The number of halogens is 1. The molecule has 2 aromatic carbocycles. The summed E-state index contributed by atoms with van der Waals surface area (Å²) in [4.78, 5) is 37.6. The van der Waals surface area contributed by atoms with Gasteiger partial charge in [0.1, 0.15) is 0 Å². The van der Waals surface area contributed by atoms with Crippen molar-refractivity contribution in [2.24, 2.45) is 0 Å². The normalized spacial score (nSPS) is 12.6. The lowest BCUT2D eigenvalue weighted by Crippen LogP contribution is -2.30. The highest BCUT2D eigenvalue weighted by molar-refractivity contribution is 6.41. The van der Waals surface area contributed by atoms with E-state index in [1.807, 2.05) is 0 Å². The molecule has 1 amide bonds. The number of fused-ring (bicyclic) bond motifs is 2. The minimum atomic E-state index is -1.18. The summed E-state index contributed by atoms with van der Waals surface area (Å²) in [7, 11) is 0. The quantitative estimate of drug-likeness (QED) is 0.779. The molecule has 0 heterocycles. The molecule has 0 bridgehead atoms. The number of hydrogen-bond donors (Lipinski definition) is 1. The van der Waals surface area contributed by atoms with E-state index in [1.165, 1.54) is 12.1 Å². The van der Waals surface area contributed by atoms with E-state index >= 15 is 0 Å². The summed E-state index contributed by atoms with van der Waals surface area (Å²) in [5, 5.41) is 9.23. The number of nitrogens with zero attached hydrogens (tertiary/aromatic N) is 1. The standard InChI is InChI=1S/C17H12ClNO4/c1-2-19(17(22)23)12-8-7-11-13(14(12)18)16(21)10-6-4-3-5-9(10)15(11)20/h3-8H,2H2,1H3,(H,22,23). The third-order valence-corrected chi connectivity index (χ3v) is 4.23. The van der Waals surface area contributed by atoms with E-state index in [9.17, 15) is 19.5 Å². The molecular weight excluding hydrogens is 318 g/mol. The number of carbonyl (C=O) groups is 3. The predicted molar refractivity (Wildman–Crippen MR) is 85.8 cm³/mol. The molecule has 0 unspecified atom stereocenters. The zero-order valence-corrected chi connectivity index (χ0v) is 12.9. The number of carboxylic acid groups (broad SMARTS) is 1. The molecular formula is C17H12ClNO4. The molecule has 2 aromatic rings. The van der Waals surface area contributed by atoms with Gasteiger partial charge in [-0.2, -0.15) is 0 Å². The molecule has 0 aromatic heterocycles. The highest BCUT2D eigenvalue weighted by atomic mass is 35.5. The summed E-state index contributed by atoms with van der Waals surface area (Å²) >= 11 is 6.29. The second-order valence-electron chi connectivity index (χ2n) is 5.05. The van der Waals surface area contributed by atoms with E-state index in [0.29, 0.717) is 5.56 Å². The minimum absolute atomic E-state index is 0.0143. The number of carbonyl (C=O) groups excluding carboxylic acids is 2. The molecule has 3 rings (SSSR count). The van der Waals surface area contributed by atoms with Gasteiger partial charge in [-0.05, 0) is 19.1 Å². The summed E-state index contributed by atoms with van der Waals surface area (Å²) in [6.07, 6.45) is -1.18. The lowest BCUT2D eigenvalue weighted by Gasteiger charge is -2.23. The third kappa shape index (κ3) is 2.21. The molecule has 6 heteroatoms. The Morgan fingerprint density at radius 2 is 1.65 bits per heavy atom. The Labute approximate surface area is 137 Å². The van der Waals surface area contributed by atoms with Gasteiger partial charge < -0.3 is 5.11 Å². The van der Waals surface area contributed by atoms with Crippen LogP contribution < -0.4 is 4.90 Å². The van der Waals surface area contributed by atoms with E-state index in [1.54, 1.807) is 31.2 Å². The van der Waals surface area contributed by atoms with Crippen molar-refractivity contribution in [1.29, 1.82) is 0 Å². The van der Waals surface area contributed by atoms with Crippen molar-refractivity contribution in [1.82, 2.24) is 0 Å². The Morgan fingerprint density at radius 3 is 2.22 bits per heavy atom. The average Bonchev–Trinajstić information content (AvgIpc) is 2.54. The molecule has 116 valence electrons. The van der Waals surface area contributed by atoms with Crippen molar-refractivity contribution in [2.45, 2.75) is 6.92 Å². The summed E-state index contributed by atoms with van der Waals surface area (Å²) in [5.74, 6) is -0.662. The largest absolute Gasteiger partial charge is 0.465 e. The van der Waals surface area contributed by atoms with E-state index < -0.39 is 6.09 Å². The number of anilines is 1. The number of rotatable bonds is 2. The summed E-state index contributed by atoms with van der Waals surface area (Å²) in [6.45, 7) is 1.83. The first kappa shape index (κ1) is 15.2. The number of hydrogen-bond acceptors (Lipinski definition) is 3. The van der Waals surface area contributed by atoms with Crippen LogP contribution in [0.3, 0.4) is 0 Å². The molecule has 0 atom stereocenters. The molecule has 0 saturated carbocycles. The molecule has 0 fully saturated rings. The van der Waals surface area contributed by atoms with Gasteiger partial charge in [0.25, 0.3) is 0 Å². The fourth-order valence-corrected chi connectivity index (χ4v) is 3.10. The molecule has 5 nitrogen and oxygen atoms in total. The maximum absolute atomic E-state index is 12.7. The fourth-order valence-electron chi connectivity index (χ4n) is 2.75. The third-order valence-electron chi connectivity index (χ3n) is 3.85. The lowest BCUT2D eigenvalue weighted by molar-refractivity contribution is 0.0979. The van der Waals surface area contributed by atoms with Crippen LogP contribution in [-0.2, 0) is 0 Å². The van der Waals surface area contributed by atoms with Crippen molar-refractivity contribution in [3.05, 3.63) is 63.7 Å². The Bertz CT molecular complexity index is 860. The van der Waals surface area contributed by atoms with Crippen molar-refractivity contribution < 1.29 is 19.5 Å². The predicted octanol–water partition coefficient (Wildman–Crippen LogP) is 3.62. The first-order valence-electron chi connectivity index (χ1n) is 6.98. The monoisotopic (exact) mass is 329 g/mol. The Balaban J connectivity index is 2.24. The second-order valence-corrected chi connectivity index (χ2v) is 5.43. The van der Waals surface area contributed by atoms with Crippen LogP contribution in [0, 0.1) is 0 Å². The van der Waals surface area contributed by atoms with Crippen LogP contribution in [0.1, 0.15) is 38.8 Å². The van der Waals surface area contributed by atoms with Crippen LogP contribution in [0.15, 0.2) is 36.4 Å². The highest BCUT2D eigenvalue weighted by Crippen LogP contribution is 2.37. The second kappa shape index (κ2) is 5.52. The van der Waals surface area contributed by atoms with Gasteiger partial charge in [-0.3, -0.25) is 14.5 Å². The van der Waals surface area contributed by atoms with Crippen LogP contribution >= 0.6 is 11.6 Å². The number of ketones is 2. The van der Waals surface area contributed by atoms with Crippen LogP contribution in [0.2, 0.25) is 5.02 Å². The molecule has 0 spiro atoms. The first-order chi connectivity index (χ1) is 11.0. The smallest absolute Gasteiger partial charge is 0.411 e. The molecule has 1 aliphatic carbocycles. The van der Waals surface area contributed by atoms with Gasteiger partial charge in [0.15, 0.2) is 11.6 Å².